The summed E-state index contributed by atoms with van der Waals surface area (Å²) in [5.41, 5.74) is 2.37. The zero-order valence-electron chi connectivity index (χ0n) is 14.9. The van der Waals surface area contributed by atoms with Crippen molar-refractivity contribution in [3.8, 4) is 0 Å². The van der Waals surface area contributed by atoms with Crippen LogP contribution >= 0.6 is 0 Å². The molecule has 0 unspecified atom stereocenters. The van der Waals surface area contributed by atoms with Crippen molar-refractivity contribution in [3.05, 3.63) is 100 Å². The van der Waals surface area contributed by atoms with Crippen LogP contribution < -0.4 is 10.9 Å². The number of aromatic carboxylic acids is 1. The Labute approximate surface area is 160 Å². The highest BCUT2D eigenvalue weighted by Crippen LogP contribution is 2.20. The lowest BCUT2D eigenvalue weighted by Gasteiger charge is -2.17. The van der Waals surface area contributed by atoms with E-state index in [2.05, 4.69) is 10.3 Å². The molecule has 138 valence electrons. The smallest absolute Gasteiger partial charge is 0.335 e. The number of anilines is 2. The lowest BCUT2D eigenvalue weighted by Crippen LogP contribution is -2.18. The third-order valence-electron chi connectivity index (χ3n) is 4.46. The van der Waals surface area contributed by atoms with Crippen molar-refractivity contribution in [2.45, 2.75) is 6.54 Å². The van der Waals surface area contributed by atoms with Crippen molar-refractivity contribution in [2.24, 2.45) is 0 Å². The molecule has 1 aromatic heterocycles. The summed E-state index contributed by atoms with van der Waals surface area (Å²) in [6.07, 6.45) is 0. The van der Waals surface area contributed by atoms with E-state index in [-0.39, 0.29) is 11.1 Å². The number of hydrogen-bond donors (Lipinski definition) is 2. The first-order valence-corrected chi connectivity index (χ1v) is 8.76. The highest BCUT2D eigenvalue weighted by atomic mass is 16.4. The summed E-state index contributed by atoms with van der Waals surface area (Å²) in [4.78, 5) is 27.8. The van der Waals surface area contributed by atoms with Crippen LogP contribution in [0, 0.1) is 0 Å². The fourth-order valence-corrected chi connectivity index (χ4v) is 3.07. The summed E-state index contributed by atoms with van der Waals surface area (Å²) in [7, 11) is 0. The van der Waals surface area contributed by atoms with E-state index < -0.39 is 5.97 Å². The Morgan fingerprint density at radius 3 is 2.32 bits per heavy atom. The minimum atomic E-state index is -0.989. The average molecular weight is 371 g/mol. The third-order valence-corrected chi connectivity index (χ3v) is 4.46. The van der Waals surface area contributed by atoms with E-state index in [1.54, 1.807) is 18.2 Å². The number of rotatable bonds is 5. The summed E-state index contributed by atoms with van der Waals surface area (Å²) in [6, 6.07) is 23.6. The van der Waals surface area contributed by atoms with Crippen LogP contribution in [0.4, 0.5) is 11.6 Å². The molecule has 1 heterocycles. The average Bonchev–Trinajstić information content (AvgIpc) is 2.72. The standard InChI is InChI=1S/C22H17N3O3/c26-20-18-8-4-5-9-19(18)25(14-15-6-2-1-3-7-15)22(24-20)23-17-12-10-16(11-13-17)21(27)28/h1-13H,14H2,(H,27,28)(H,23,24,26). The van der Waals surface area contributed by atoms with E-state index in [4.69, 9.17) is 5.11 Å². The van der Waals surface area contributed by atoms with Crippen LogP contribution in [-0.4, -0.2) is 20.6 Å². The maximum atomic E-state index is 12.5. The molecule has 0 saturated heterocycles. The van der Waals surface area contributed by atoms with Crippen molar-refractivity contribution >= 4 is 28.5 Å². The Balaban J connectivity index is 1.81. The van der Waals surface area contributed by atoms with Gasteiger partial charge in [0.15, 0.2) is 0 Å². The number of carboxylic acid groups (broad SMARTS) is 1. The molecule has 0 atom stereocenters. The number of carboxylic acids is 1. The van der Waals surface area contributed by atoms with Gasteiger partial charge in [0.1, 0.15) is 0 Å². The molecule has 0 bridgehead atoms. The Morgan fingerprint density at radius 1 is 0.929 bits per heavy atom. The molecule has 0 radical (unpaired) electrons. The number of nitrogens with zero attached hydrogens (tertiary/aromatic N) is 2. The number of hydrogen-bond acceptors (Lipinski definition) is 4. The minimum absolute atomic E-state index is 0.193. The number of aromatic nitrogens is 2. The van der Waals surface area contributed by atoms with E-state index in [0.717, 1.165) is 11.1 Å². The zero-order valence-corrected chi connectivity index (χ0v) is 14.9. The second-order valence-electron chi connectivity index (χ2n) is 6.34. The van der Waals surface area contributed by atoms with Crippen LogP contribution in [0.5, 0.6) is 0 Å². The molecular weight excluding hydrogens is 354 g/mol. The van der Waals surface area contributed by atoms with Gasteiger partial charge in [-0.1, -0.05) is 42.5 Å². The molecule has 0 aliphatic heterocycles. The lowest BCUT2D eigenvalue weighted by atomic mass is 10.2. The van der Waals surface area contributed by atoms with Crippen LogP contribution in [0.2, 0.25) is 0 Å². The quantitative estimate of drug-likeness (QED) is 0.556. The van der Waals surface area contributed by atoms with Gasteiger partial charge in [-0.25, -0.2) is 4.79 Å². The Bertz CT molecular complexity index is 1200. The van der Waals surface area contributed by atoms with Gasteiger partial charge in [0.05, 0.1) is 23.0 Å². The number of carbonyl (C=O) groups is 1. The number of fused-ring (bicyclic) bond motifs is 1. The Morgan fingerprint density at radius 2 is 1.61 bits per heavy atom. The van der Waals surface area contributed by atoms with Gasteiger partial charge < -0.3 is 15.0 Å². The molecule has 0 amide bonds. The minimum Gasteiger partial charge on any atom is -0.478 e. The molecule has 4 rings (SSSR count). The van der Waals surface area contributed by atoms with Gasteiger partial charge in [-0.3, -0.25) is 4.79 Å². The monoisotopic (exact) mass is 371 g/mol. The van der Waals surface area contributed by atoms with Crippen LogP contribution in [0.3, 0.4) is 0 Å². The summed E-state index contributed by atoms with van der Waals surface area (Å²) in [5.74, 6) is -0.591. The van der Waals surface area contributed by atoms with Crippen LogP contribution in [0.15, 0.2) is 83.7 Å². The normalized spacial score (nSPS) is 10.7. The second-order valence-corrected chi connectivity index (χ2v) is 6.34. The molecule has 0 fully saturated rings. The molecule has 0 spiro atoms. The van der Waals surface area contributed by atoms with Crippen molar-refractivity contribution in [1.29, 1.82) is 0 Å². The van der Waals surface area contributed by atoms with Crippen LogP contribution in [0.1, 0.15) is 15.9 Å². The van der Waals surface area contributed by atoms with Crippen molar-refractivity contribution in [1.82, 2.24) is 9.55 Å². The molecule has 4 aromatic rings. The van der Waals surface area contributed by atoms with Gasteiger partial charge >= 0.3 is 5.97 Å². The second kappa shape index (κ2) is 7.36. The molecule has 6 heteroatoms. The van der Waals surface area contributed by atoms with E-state index in [9.17, 15) is 9.59 Å². The third kappa shape index (κ3) is 3.48. The SMILES string of the molecule is O=C(O)c1ccc(Nc2nc(=O)c3ccccc3n2Cc2ccccc2)cc1. The molecular formula is C22H17N3O3. The summed E-state index contributed by atoms with van der Waals surface area (Å²) < 4.78 is 1.94. The molecule has 0 aliphatic rings. The lowest BCUT2D eigenvalue weighted by molar-refractivity contribution is 0.0697. The van der Waals surface area contributed by atoms with Crippen LogP contribution in [-0.2, 0) is 6.54 Å². The summed E-state index contributed by atoms with van der Waals surface area (Å²) in [6.45, 7) is 0.532. The van der Waals surface area contributed by atoms with Crippen molar-refractivity contribution in [2.75, 3.05) is 5.32 Å². The molecule has 0 saturated carbocycles. The summed E-state index contributed by atoms with van der Waals surface area (Å²) in [5, 5.41) is 12.7. The Hall–Kier alpha value is -3.93. The van der Waals surface area contributed by atoms with E-state index in [0.29, 0.717) is 23.6 Å². The topological polar surface area (TPSA) is 84.2 Å². The number of benzene rings is 3. The highest BCUT2D eigenvalue weighted by molar-refractivity contribution is 5.88. The van der Waals surface area contributed by atoms with Crippen molar-refractivity contribution < 1.29 is 9.90 Å². The molecule has 2 N–H and O–H groups in total. The maximum Gasteiger partial charge on any atom is 0.335 e. The predicted octanol–water partition coefficient (Wildman–Crippen LogP) is 3.89. The van der Waals surface area contributed by atoms with Gasteiger partial charge in [0, 0.05) is 5.69 Å². The molecule has 6 nitrogen and oxygen atoms in total. The number of para-hydroxylation sites is 1. The van der Waals surface area contributed by atoms with E-state index >= 15 is 0 Å². The first-order valence-electron chi connectivity index (χ1n) is 8.76. The predicted molar refractivity (Wildman–Crippen MR) is 108 cm³/mol. The first-order chi connectivity index (χ1) is 13.6. The van der Waals surface area contributed by atoms with Gasteiger partial charge in [-0.05, 0) is 42.0 Å². The Kier molecular flexibility index (Phi) is 4.60. The molecule has 0 aliphatic carbocycles. The van der Waals surface area contributed by atoms with Gasteiger partial charge in [0.25, 0.3) is 5.56 Å². The summed E-state index contributed by atoms with van der Waals surface area (Å²) >= 11 is 0. The molecule has 28 heavy (non-hydrogen) atoms. The fourth-order valence-electron chi connectivity index (χ4n) is 3.07. The zero-order chi connectivity index (χ0) is 19.5. The van der Waals surface area contributed by atoms with Gasteiger partial charge in [-0.2, -0.15) is 4.98 Å². The first kappa shape index (κ1) is 17.5. The largest absolute Gasteiger partial charge is 0.478 e. The van der Waals surface area contributed by atoms with E-state index in [1.807, 2.05) is 53.1 Å². The number of nitrogens with one attached hydrogen (secondary N) is 1. The molecule has 3 aromatic carbocycles. The van der Waals surface area contributed by atoms with E-state index in [1.165, 1.54) is 12.1 Å². The van der Waals surface area contributed by atoms with Crippen molar-refractivity contribution in [3.63, 3.8) is 0 Å². The van der Waals surface area contributed by atoms with Gasteiger partial charge in [0.2, 0.25) is 5.95 Å². The van der Waals surface area contributed by atoms with Gasteiger partial charge in [-0.15, -0.1) is 0 Å². The fraction of sp³-hybridized carbons (Fsp3) is 0.0455. The highest BCUT2D eigenvalue weighted by Gasteiger charge is 2.12. The van der Waals surface area contributed by atoms with Crippen LogP contribution in [0.25, 0.3) is 10.9 Å². The maximum absolute atomic E-state index is 12.5.